The van der Waals surface area contributed by atoms with Crippen molar-refractivity contribution in [1.82, 2.24) is 10.6 Å². The zero-order valence-electron chi connectivity index (χ0n) is 10.4. The summed E-state index contributed by atoms with van der Waals surface area (Å²) < 4.78 is 0. The Hall–Kier alpha value is -0.320. The lowest BCUT2D eigenvalue weighted by atomic mass is 9.73. The van der Waals surface area contributed by atoms with Gasteiger partial charge in [-0.2, -0.15) is 0 Å². The Balaban J connectivity index is 0.00000144. The highest BCUT2D eigenvalue weighted by Gasteiger charge is 2.36. The summed E-state index contributed by atoms with van der Waals surface area (Å²) in [6, 6.07) is 0. The van der Waals surface area contributed by atoms with Crippen LogP contribution in [0.15, 0.2) is 0 Å². The lowest BCUT2D eigenvalue weighted by Crippen LogP contribution is -2.53. The predicted molar refractivity (Wildman–Crippen MR) is 69.2 cm³/mol. The molecule has 100 valence electrons. The third-order valence-electron chi connectivity index (χ3n) is 4.10. The topological polar surface area (TPSA) is 61.4 Å². The van der Waals surface area contributed by atoms with Gasteiger partial charge in [-0.1, -0.05) is 19.8 Å². The van der Waals surface area contributed by atoms with Crippen molar-refractivity contribution >= 4 is 18.3 Å². The highest BCUT2D eigenvalue weighted by atomic mass is 35.5. The van der Waals surface area contributed by atoms with Gasteiger partial charge in [-0.15, -0.1) is 12.4 Å². The van der Waals surface area contributed by atoms with Crippen LogP contribution >= 0.6 is 12.4 Å². The number of rotatable bonds is 3. The van der Waals surface area contributed by atoms with Crippen LogP contribution in [-0.2, 0) is 4.79 Å². The summed E-state index contributed by atoms with van der Waals surface area (Å²) in [7, 11) is 0. The van der Waals surface area contributed by atoms with E-state index in [4.69, 9.17) is 0 Å². The molecule has 0 spiro atoms. The van der Waals surface area contributed by atoms with Crippen molar-refractivity contribution in [1.29, 1.82) is 0 Å². The van der Waals surface area contributed by atoms with E-state index in [1.165, 1.54) is 0 Å². The minimum atomic E-state index is -0.263. The Labute approximate surface area is 109 Å². The van der Waals surface area contributed by atoms with Crippen LogP contribution < -0.4 is 10.6 Å². The number of carbonyl (C=O) groups excluding carboxylic acids is 1. The van der Waals surface area contributed by atoms with Crippen LogP contribution in [0.3, 0.4) is 0 Å². The number of amides is 1. The smallest absolute Gasteiger partial charge is 0.225 e. The Kier molecular flexibility index (Phi) is 5.22. The van der Waals surface area contributed by atoms with E-state index in [-0.39, 0.29) is 35.8 Å². The molecule has 1 aliphatic heterocycles. The molecule has 2 unspecified atom stereocenters. The molecule has 2 fully saturated rings. The summed E-state index contributed by atoms with van der Waals surface area (Å²) >= 11 is 0. The number of aliphatic hydroxyl groups excluding tert-OH is 1. The first-order valence-electron chi connectivity index (χ1n) is 6.28. The van der Waals surface area contributed by atoms with Gasteiger partial charge < -0.3 is 15.7 Å². The molecule has 0 bridgehead atoms. The summed E-state index contributed by atoms with van der Waals surface area (Å²) in [4.78, 5) is 11.7. The third-order valence-corrected chi connectivity index (χ3v) is 4.10. The first kappa shape index (κ1) is 14.7. The minimum Gasteiger partial charge on any atom is -0.392 e. The zero-order valence-corrected chi connectivity index (χ0v) is 11.2. The molecule has 1 saturated carbocycles. The number of aliphatic hydroxyl groups is 1. The second kappa shape index (κ2) is 6.03. The average Bonchev–Trinajstić information content (AvgIpc) is 2.18. The van der Waals surface area contributed by atoms with Crippen LogP contribution in [-0.4, -0.2) is 36.8 Å². The molecule has 17 heavy (non-hydrogen) atoms. The predicted octanol–water partition coefficient (Wildman–Crippen LogP) is 0.685. The molecule has 1 heterocycles. The highest BCUT2D eigenvalue weighted by molar-refractivity contribution is 5.85. The van der Waals surface area contributed by atoms with Gasteiger partial charge in [-0.25, -0.2) is 0 Å². The van der Waals surface area contributed by atoms with E-state index in [0.717, 1.165) is 38.8 Å². The van der Waals surface area contributed by atoms with Crippen molar-refractivity contribution in [3.05, 3.63) is 0 Å². The molecule has 2 aliphatic rings. The van der Waals surface area contributed by atoms with E-state index in [1.807, 2.05) is 0 Å². The van der Waals surface area contributed by atoms with E-state index in [1.54, 1.807) is 0 Å². The maximum absolute atomic E-state index is 11.7. The first-order chi connectivity index (χ1) is 7.62. The van der Waals surface area contributed by atoms with Crippen molar-refractivity contribution in [3.8, 4) is 0 Å². The molecule has 4 nitrogen and oxygen atoms in total. The van der Waals surface area contributed by atoms with E-state index in [9.17, 15) is 9.90 Å². The molecule has 0 aromatic carbocycles. The minimum absolute atomic E-state index is 0. The second-order valence-corrected chi connectivity index (χ2v) is 5.49. The average molecular weight is 263 g/mol. The summed E-state index contributed by atoms with van der Waals surface area (Å²) in [6.07, 6.45) is 3.89. The summed E-state index contributed by atoms with van der Waals surface area (Å²) in [5.41, 5.74) is -0.120. The van der Waals surface area contributed by atoms with Gasteiger partial charge in [-0.05, 0) is 12.8 Å². The molecule has 1 amide bonds. The molecule has 0 aromatic rings. The molecule has 0 radical (unpaired) electrons. The Morgan fingerprint density at radius 1 is 1.47 bits per heavy atom. The Bertz CT molecular complexity index is 271. The zero-order chi connectivity index (χ0) is 11.6. The van der Waals surface area contributed by atoms with Gasteiger partial charge in [0.2, 0.25) is 5.91 Å². The molecule has 5 heteroatoms. The lowest BCUT2D eigenvalue weighted by molar-refractivity contribution is -0.127. The van der Waals surface area contributed by atoms with Crippen LogP contribution in [0, 0.1) is 11.3 Å². The molecule has 0 aromatic heterocycles. The maximum atomic E-state index is 11.7. The van der Waals surface area contributed by atoms with Gasteiger partial charge in [0, 0.05) is 25.0 Å². The highest BCUT2D eigenvalue weighted by Crippen LogP contribution is 2.35. The lowest BCUT2D eigenvalue weighted by Gasteiger charge is -2.39. The van der Waals surface area contributed by atoms with Gasteiger partial charge in [-0.3, -0.25) is 4.79 Å². The van der Waals surface area contributed by atoms with Crippen LogP contribution in [0.25, 0.3) is 0 Å². The Morgan fingerprint density at radius 2 is 2.18 bits per heavy atom. The first-order valence-corrected chi connectivity index (χ1v) is 6.28. The Morgan fingerprint density at radius 3 is 2.71 bits per heavy atom. The maximum Gasteiger partial charge on any atom is 0.225 e. The standard InChI is InChI=1S/C12H22N2O2.ClH/c1-12(5-3-2-4-10(12)15)8-14-11(16)9-6-13-7-9;/h9-10,13,15H,2-8H2,1H3,(H,14,16);1H. The second-order valence-electron chi connectivity index (χ2n) is 5.49. The van der Waals surface area contributed by atoms with E-state index in [0.29, 0.717) is 6.54 Å². The summed E-state index contributed by atoms with van der Waals surface area (Å²) in [6.45, 7) is 4.29. The SMILES string of the molecule is CC1(CNC(=O)C2CNC2)CCCCC1O.Cl. The number of hydrogen-bond acceptors (Lipinski definition) is 3. The van der Waals surface area contributed by atoms with Crippen LogP contribution in [0.5, 0.6) is 0 Å². The fourth-order valence-electron chi connectivity index (χ4n) is 2.50. The molecule has 1 aliphatic carbocycles. The normalized spacial score (nSPS) is 33.4. The number of carbonyl (C=O) groups is 1. The summed E-state index contributed by atoms with van der Waals surface area (Å²) in [5, 5.41) is 16.1. The largest absolute Gasteiger partial charge is 0.392 e. The molecule has 3 N–H and O–H groups in total. The van der Waals surface area contributed by atoms with Gasteiger partial charge in [0.25, 0.3) is 0 Å². The van der Waals surface area contributed by atoms with Crippen LogP contribution in [0.1, 0.15) is 32.6 Å². The number of halogens is 1. The van der Waals surface area contributed by atoms with Gasteiger partial charge >= 0.3 is 0 Å². The van der Waals surface area contributed by atoms with E-state index >= 15 is 0 Å². The number of hydrogen-bond donors (Lipinski definition) is 3. The van der Waals surface area contributed by atoms with Gasteiger partial charge in [0.1, 0.15) is 0 Å². The molecule has 2 rings (SSSR count). The molecular formula is C12H23ClN2O2. The van der Waals surface area contributed by atoms with E-state index < -0.39 is 0 Å². The quantitative estimate of drug-likeness (QED) is 0.701. The van der Waals surface area contributed by atoms with E-state index in [2.05, 4.69) is 17.6 Å². The monoisotopic (exact) mass is 262 g/mol. The van der Waals surface area contributed by atoms with Crippen LogP contribution in [0.2, 0.25) is 0 Å². The molecular weight excluding hydrogens is 240 g/mol. The van der Waals surface area contributed by atoms with Crippen molar-refractivity contribution in [2.75, 3.05) is 19.6 Å². The number of nitrogens with one attached hydrogen (secondary N) is 2. The molecule has 2 atom stereocenters. The molecule has 1 saturated heterocycles. The van der Waals surface area contributed by atoms with Crippen LogP contribution in [0.4, 0.5) is 0 Å². The van der Waals surface area contributed by atoms with Crippen molar-refractivity contribution in [2.45, 2.75) is 38.7 Å². The van der Waals surface area contributed by atoms with Crippen molar-refractivity contribution in [3.63, 3.8) is 0 Å². The van der Waals surface area contributed by atoms with Gasteiger partial charge in [0.05, 0.1) is 12.0 Å². The third kappa shape index (κ3) is 3.33. The van der Waals surface area contributed by atoms with Crippen molar-refractivity contribution in [2.24, 2.45) is 11.3 Å². The fourth-order valence-corrected chi connectivity index (χ4v) is 2.50. The fraction of sp³-hybridized carbons (Fsp3) is 0.917. The van der Waals surface area contributed by atoms with Crippen molar-refractivity contribution < 1.29 is 9.90 Å². The summed E-state index contributed by atoms with van der Waals surface area (Å²) in [5.74, 6) is 0.280. The van der Waals surface area contributed by atoms with Gasteiger partial charge in [0.15, 0.2) is 0 Å².